The largest absolute Gasteiger partial charge is 0.350 e. The number of nitrogens with one attached hydrogen (secondary N) is 1. The van der Waals surface area contributed by atoms with Gasteiger partial charge in [-0.1, -0.05) is 15.9 Å². The van der Waals surface area contributed by atoms with Crippen LogP contribution in [-0.2, 0) is 6.54 Å². The number of anilines is 1. The lowest BCUT2D eigenvalue weighted by Gasteiger charge is -2.06. The highest BCUT2D eigenvalue weighted by molar-refractivity contribution is 14.1. The number of hydrogen-bond donors (Lipinski definition) is 1. The van der Waals surface area contributed by atoms with Gasteiger partial charge in [0.1, 0.15) is 5.82 Å². The Bertz CT molecular complexity index is 519. The van der Waals surface area contributed by atoms with Crippen molar-refractivity contribution >= 4 is 44.5 Å². The van der Waals surface area contributed by atoms with Crippen LogP contribution >= 0.6 is 38.5 Å². The Morgan fingerprint density at radius 2 is 2.00 bits per heavy atom. The summed E-state index contributed by atoms with van der Waals surface area (Å²) in [5.41, 5.74) is 0.571. The van der Waals surface area contributed by atoms with E-state index >= 15 is 0 Å². The first-order valence-corrected chi connectivity index (χ1v) is 6.67. The number of hydrogen-bond acceptors (Lipinski definition) is 3. The Hall–Kier alpha value is -0.760. The fourth-order valence-electron chi connectivity index (χ4n) is 1.26. The molecule has 1 aromatic carbocycles. The van der Waals surface area contributed by atoms with Crippen LogP contribution in [0, 0.1) is 9.39 Å². The third-order valence-electron chi connectivity index (χ3n) is 2.07. The average Bonchev–Trinajstić information content (AvgIpc) is 2.32. The minimum absolute atomic E-state index is 0.244. The van der Waals surface area contributed by atoms with E-state index in [1.807, 2.05) is 0 Å². The van der Waals surface area contributed by atoms with E-state index in [1.54, 1.807) is 24.5 Å². The Morgan fingerprint density at radius 1 is 1.29 bits per heavy atom. The Kier molecular flexibility index (Phi) is 4.27. The van der Waals surface area contributed by atoms with Gasteiger partial charge in [-0.2, -0.15) is 0 Å². The molecule has 0 aliphatic carbocycles. The maximum atomic E-state index is 13.4. The molecule has 0 bridgehead atoms. The van der Waals surface area contributed by atoms with Crippen molar-refractivity contribution < 1.29 is 4.39 Å². The van der Waals surface area contributed by atoms with E-state index in [1.165, 1.54) is 6.07 Å². The molecule has 2 aromatic rings. The van der Waals surface area contributed by atoms with Crippen LogP contribution < -0.4 is 5.32 Å². The van der Waals surface area contributed by atoms with Crippen molar-refractivity contribution in [2.45, 2.75) is 6.54 Å². The topological polar surface area (TPSA) is 37.8 Å². The molecule has 0 fully saturated rings. The van der Waals surface area contributed by atoms with E-state index in [0.717, 1.165) is 8.04 Å². The van der Waals surface area contributed by atoms with E-state index in [4.69, 9.17) is 0 Å². The summed E-state index contributed by atoms with van der Waals surface area (Å²) in [5.74, 6) is 0.246. The SMILES string of the molecule is Fc1ccc(Br)cc1CNc1ncc(I)cn1. The minimum atomic E-state index is -0.244. The Balaban J connectivity index is 2.07. The highest BCUT2D eigenvalue weighted by Gasteiger charge is 2.03. The second-order valence-electron chi connectivity index (χ2n) is 3.31. The summed E-state index contributed by atoms with van der Waals surface area (Å²) in [6.45, 7) is 0.353. The molecule has 1 heterocycles. The van der Waals surface area contributed by atoms with Gasteiger partial charge < -0.3 is 5.32 Å². The monoisotopic (exact) mass is 407 g/mol. The predicted molar refractivity (Wildman–Crippen MR) is 76.2 cm³/mol. The van der Waals surface area contributed by atoms with Gasteiger partial charge in [0.25, 0.3) is 0 Å². The molecular formula is C11H8BrFIN3. The van der Waals surface area contributed by atoms with Gasteiger partial charge in [0.2, 0.25) is 5.95 Å². The van der Waals surface area contributed by atoms with Crippen molar-refractivity contribution in [3.8, 4) is 0 Å². The molecule has 0 saturated heterocycles. The summed E-state index contributed by atoms with van der Waals surface area (Å²) in [4.78, 5) is 8.16. The second-order valence-corrected chi connectivity index (χ2v) is 5.48. The molecule has 88 valence electrons. The van der Waals surface area contributed by atoms with Crippen LogP contribution in [0.2, 0.25) is 0 Å². The second kappa shape index (κ2) is 5.72. The van der Waals surface area contributed by atoms with Crippen molar-refractivity contribution in [3.63, 3.8) is 0 Å². The molecule has 1 aromatic heterocycles. The number of aromatic nitrogens is 2. The molecule has 0 aliphatic heterocycles. The lowest BCUT2D eigenvalue weighted by atomic mass is 10.2. The van der Waals surface area contributed by atoms with Gasteiger partial charge in [-0.15, -0.1) is 0 Å². The number of nitrogens with zero attached hydrogens (tertiary/aromatic N) is 2. The van der Waals surface area contributed by atoms with Crippen molar-refractivity contribution in [2.24, 2.45) is 0 Å². The maximum absolute atomic E-state index is 13.4. The molecule has 0 aliphatic rings. The molecule has 0 radical (unpaired) electrons. The first-order valence-electron chi connectivity index (χ1n) is 4.80. The van der Waals surface area contributed by atoms with Crippen molar-refractivity contribution in [3.05, 3.63) is 50.0 Å². The van der Waals surface area contributed by atoms with Crippen molar-refractivity contribution in [1.82, 2.24) is 9.97 Å². The number of halogens is 3. The highest BCUT2D eigenvalue weighted by atomic mass is 127. The highest BCUT2D eigenvalue weighted by Crippen LogP contribution is 2.16. The maximum Gasteiger partial charge on any atom is 0.222 e. The Labute approximate surface area is 120 Å². The smallest absolute Gasteiger partial charge is 0.222 e. The molecule has 0 unspecified atom stereocenters. The molecule has 1 N–H and O–H groups in total. The lowest BCUT2D eigenvalue weighted by molar-refractivity contribution is 0.612. The number of benzene rings is 1. The van der Waals surface area contributed by atoms with Crippen LogP contribution in [0.4, 0.5) is 10.3 Å². The molecule has 6 heteroatoms. The van der Waals surface area contributed by atoms with Gasteiger partial charge in [-0.05, 0) is 40.8 Å². The average molecular weight is 408 g/mol. The van der Waals surface area contributed by atoms with Gasteiger partial charge in [-0.3, -0.25) is 0 Å². The van der Waals surface area contributed by atoms with Gasteiger partial charge >= 0.3 is 0 Å². The predicted octanol–water partition coefficient (Wildman–Crippen LogP) is 3.59. The summed E-state index contributed by atoms with van der Waals surface area (Å²) in [6.07, 6.45) is 3.40. The summed E-state index contributed by atoms with van der Waals surface area (Å²) in [5, 5.41) is 2.97. The first-order chi connectivity index (χ1) is 8.15. The van der Waals surface area contributed by atoms with E-state index in [9.17, 15) is 4.39 Å². The quantitative estimate of drug-likeness (QED) is 0.790. The summed E-state index contributed by atoms with van der Waals surface area (Å²) in [7, 11) is 0. The van der Waals surface area contributed by atoms with Crippen LogP contribution in [0.3, 0.4) is 0 Å². The van der Waals surface area contributed by atoms with E-state index in [-0.39, 0.29) is 5.82 Å². The molecule has 0 atom stereocenters. The fraction of sp³-hybridized carbons (Fsp3) is 0.0909. The van der Waals surface area contributed by atoms with E-state index in [2.05, 4.69) is 53.8 Å². The molecule has 0 spiro atoms. The minimum Gasteiger partial charge on any atom is -0.350 e. The Morgan fingerprint density at radius 3 is 2.71 bits per heavy atom. The molecular weight excluding hydrogens is 400 g/mol. The van der Waals surface area contributed by atoms with Crippen LogP contribution in [0.25, 0.3) is 0 Å². The fourth-order valence-corrected chi connectivity index (χ4v) is 1.94. The van der Waals surface area contributed by atoms with Gasteiger partial charge in [-0.25, -0.2) is 14.4 Å². The van der Waals surface area contributed by atoms with Crippen molar-refractivity contribution in [2.75, 3.05) is 5.32 Å². The van der Waals surface area contributed by atoms with Crippen LogP contribution in [-0.4, -0.2) is 9.97 Å². The van der Waals surface area contributed by atoms with Gasteiger partial charge in [0.15, 0.2) is 0 Å². The normalized spacial score (nSPS) is 10.3. The third kappa shape index (κ3) is 3.60. The summed E-state index contributed by atoms with van der Waals surface area (Å²) in [6, 6.07) is 4.82. The summed E-state index contributed by atoms with van der Waals surface area (Å²) >= 11 is 5.43. The first kappa shape index (κ1) is 12.7. The summed E-state index contributed by atoms with van der Waals surface area (Å²) < 4.78 is 15.2. The third-order valence-corrected chi connectivity index (χ3v) is 3.12. The molecule has 2 rings (SSSR count). The standard InChI is InChI=1S/C11H8BrFIN3/c12-8-1-2-10(13)7(3-8)4-15-11-16-5-9(14)6-17-11/h1-3,5-6H,4H2,(H,15,16,17). The lowest BCUT2D eigenvalue weighted by Crippen LogP contribution is -2.05. The zero-order valence-electron chi connectivity index (χ0n) is 8.62. The van der Waals surface area contributed by atoms with E-state index in [0.29, 0.717) is 18.1 Å². The van der Waals surface area contributed by atoms with Gasteiger partial charge in [0.05, 0.1) is 0 Å². The van der Waals surface area contributed by atoms with E-state index < -0.39 is 0 Å². The molecule has 0 amide bonds. The van der Waals surface area contributed by atoms with Gasteiger partial charge in [0, 0.05) is 32.5 Å². The zero-order valence-corrected chi connectivity index (χ0v) is 12.4. The number of rotatable bonds is 3. The molecule has 0 saturated carbocycles. The van der Waals surface area contributed by atoms with Crippen LogP contribution in [0.15, 0.2) is 35.1 Å². The van der Waals surface area contributed by atoms with Crippen molar-refractivity contribution in [1.29, 1.82) is 0 Å². The molecule has 17 heavy (non-hydrogen) atoms. The van der Waals surface area contributed by atoms with Crippen LogP contribution in [0.5, 0.6) is 0 Å². The zero-order chi connectivity index (χ0) is 12.3. The molecule has 3 nitrogen and oxygen atoms in total. The van der Waals surface area contributed by atoms with Crippen LogP contribution in [0.1, 0.15) is 5.56 Å².